The number of carbonyl (C=O) groups excluding carboxylic acids is 1. The smallest absolute Gasteiger partial charge is 0.196 e. The van der Waals surface area contributed by atoms with Crippen LogP contribution in [-0.4, -0.2) is 29.8 Å². The highest BCUT2D eigenvalue weighted by Crippen LogP contribution is 2.47. The zero-order valence-corrected chi connectivity index (χ0v) is 13.6. The number of anilines is 3. The molecule has 1 fully saturated rings. The van der Waals surface area contributed by atoms with Crippen LogP contribution in [0.2, 0.25) is 0 Å². The Labute approximate surface area is 145 Å². The molecule has 1 atom stereocenters. The Morgan fingerprint density at radius 1 is 1.16 bits per heavy atom. The van der Waals surface area contributed by atoms with Crippen molar-refractivity contribution in [1.29, 1.82) is 0 Å². The van der Waals surface area contributed by atoms with Crippen molar-refractivity contribution in [2.24, 2.45) is 0 Å². The van der Waals surface area contributed by atoms with Gasteiger partial charge in [-0.15, -0.1) is 0 Å². The maximum Gasteiger partial charge on any atom is 0.196 e. The van der Waals surface area contributed by atoms with Crippen LogP contribution in [0.15, 0.2) is 30.3 Å². The molecule has 25 heavy (non-hydrogen) atoms. The standard InChI is InChI=1S/C19H19N3O3/c20-12-3-1-2-10-14(12)17(23)11-4-5-13-16(15(11)18(10)24)22-19(21-13)6-8-25-9-7-19/h1-5,17,21-23H,6-9,20H2. The van der Waals surface area contributed by atoms with E-state index >= 15 is 0 Å². The first-order valence-corrected chi connectivity index (χ1v) is 8.52. The van der Waals surface area contributed by atoms with Crippen LogP contribution in [0, 0.1) is 0 Å². The summed E-state index contributed by atoms with van der Waals surface area (Å²) >= 11 is 0. The number of nitrogens with two attached hydrogens (primary N) is 1. The molecule has 128 valence electrons. The molecule has 0 saturated carbocycles. The van der Waals surface area contributed by atoms with E-state index in [1.807, 2.05) is 12.1 Å². The maximum atomic E-state index is 13.2. The first kappa shape index (κ1) is 14.7. The van der Waals surface area contributed by atoms with Crippen LogP contribution in [0.3, 0.4) is 0 Å². The number of fused-ring (bicyclic) bond motifs is 4. The molecule has 6 nitrogen and oxygen atoms in total. The zero-order chi connectivity index (χ0) is 17.2. The van der Waals surface area contributed by atoms with Gasteiger partial charge in [-0.3, -0.25) is 4.79 Å². The van der Waals surface area contributed by atoms with Gasteiger partial charge in [0.15, 0.2) is 5.78 Å². The van der Waals surface area contributed by atoms with Crippen LogP contribution < -0.4 is 16.4 Å². The lowest BCUT2D eigenvalue weighted by molar-refractivity contribution is 0.0696. The SMILES string of the molecule is Nc1cccc2c1C(O)c1ccc3c(c1C2=O)NC1(CCOCC1)N3. The third-order valence-electron chi connectivity index (χ3n) is 5.50. The van der Waals surface area contributed by atoms with E-state index in [1.165, 1.54) is 0 Å². The number of nitrogens with one attached hydrogen (secondary N) is 2. The van der Waals surface area contributed by atoms with Crippen molar-refractivity contribution in [3.63, 3.8) is 0 Å². The molecule has 2 aromatic rings. The topological polar surface area (TPSA) is 96.6 Å². The number of ether oxygens (including phenoxy) is 1. The van der Waals surface area contributed by atoms with Crippen LogP contribution in [-0.2, 0) is 4.74 Å². The van der Waals surface area contributed by atoms with Gasteiger partial charge in [0.1, 0.15) is 11.8 Å². The third kappa shape index (κ3) is 1.95. The van der Waals surface area contributed by atoms with Gasteiger partial charge < -0.3 is 26.2 Å². The number of benzene rings is 2. The number of aliphatic hydroxyl groups excluding tert-OH is 1. The zero-order valence-electron chi connectivity index (χ0n) is 13.6. The summed E-state index contributed by atoms with van der Waals surface area (Å²) in [7, 11) is 0. The van der Waals surface area contributed by atoms with E-state index in [2.05, 4.69) is 10.6 Å². The Hall–Kier alpha value is -2.57. The lowest BCUT2D eigenvalue weighted by Crippen LogP contribution is -2.46. The number of hydrogen-bond donors (Lipinski definition) is 4. The van der Waals surface area contributed by atoms with E-state index in [0.717, 1.165) is 24.2 Å². The second-order valence-electron chi connectivity index (χ2n) is 6.94. The van der Waals surface area contributed by atoms with Gasteiger partial charge in [0.25, 0.3) is 0 Å². The fourth-order valence-electron chi connectivity index (χ4n) is 4.20. The summed E-state index contributed by atoms with van der Waals surface area (Å²) in [6.07, 6.45) is 0.732. The molecule has 2 aromatic carbocycles. The van der Waals surface area contributed by atoms with Gasteiger partial charge in [-0.05, 0) is 17.7 Å². The molecule has 5 N–H and O–H groups in total. The van der Waals surface area contributed by atoms with Crippen LogP contribution in [0.25, 0.3) is 0 Å². The van der Waals surface area contributed by atoms with E-state index in [-0.39, 0.29) is 11.4 Å². The summed E-state index contributed by atoms with van der Waals surface area (Å²) in [5.74, 6) is -0.0992. The van der Waals surface area contributed by atoms with Crippen molar-refractivity contribution in [2.75, 3.05) is 29.6 Å². The minimum atomic E-state index is -0.901. The van der Waals surface area contributed by atoms with Gasteiger partial charge in [-0.25, -0.2) is 0 Å². The molecule has 5 rings (SSSR count). The lowest BCUT2D eigenvalue weighted by Gasteiger charge is -2.34. The van der Waals surface area contributed by atoms with Crippen LogP contribution in [0.5, 0.6) is 0 Å². The van der Waals surface area contributed by atoms with Crippen LogP contribution in [0.4, 0.5) is 17.1 Å². The van der Waals surface area contributed by atoms with E-state index < -0.39 is 6.10 Å². The Morgan fingerprint density at radius 2 is 1.96 bits per heavy atom. The van der Waals surface area contributed by atoms with E-state index in [4.69, 9.17) is 10.5 Å². The van der Waals surface area contributed by atoms with Crippen molar-refractivity contribution >= 4 is 22.8 Å². The molecule has 0 aromatic heterocycles. The van der Waals surface area contributed by atoms with Crippen molar-refractivity contribution < 1.29 is 14.6 Å². The van der Waals surface area contributed by atoms with Gasteiger partial charge in [0.05, 0.1) is 30.2 Å². The van der Waals surface area contributed by atoms with Crippen LogP contribution in [0.1, 0.15) is 46.0 Å². The molecule has 2 heterocycles. The Balaban J connectivity index is 1.66. The predicted molar refractivity (Wildman–Crippen MR) is 94.8 cm³/mol. The Morgan fingerprint density at radius 3 is 2.76 bits per heavy atom. The summed E-state index contributed by atoms with van der Waals surface area (Å²) in [6, 6.07) is 8.93. The minimum absolute atomic E-state index is 0.0992. The quantitative estimate of drug-likeness (QED) is 0.551. The fourth-order valence-corrected chi connectivity index (χ4v) is 4.20. The average Bonchev–Trinajstić information content (AvgIpc) is 2.96. The number of nitrogen functional groups attached to an aromatic ring is 1. The summed E-state index contributed by atoms with van der Waals surface area (Å²) in [5.41, 5.74) is 9.98. The summed E-state index contributed by atoms with van der Waals surface area (Å²) in [4.78, 5) is 13.2. The minimum Gasteiger partial charge on any atom is -0.398 e. The first-order valence-electron chi connectivity index (χ1n) is 8.52. The fraction of sp³-hybridized carbons (Fsp3) is 0.316. The largest absolute Gasteiger partial charge is 0.398 e. The summed E-state index contributed by atoms with van der Waals surface area (Å²) in [6.45, 7) is 1.35. The molecular weight excluding hydrogens is 318 g/mol. The normalized spacial score (nSPS) is 22.6. The van der Waals surface area contributed by atoms with Crippen LogP contribution >= 0.6 is 0 Å². The Kier molecular flexibility index (Phi) is 2.93. The van der Waals surface area contributed by atoms with Gasteiger partial charge in [0, 0.05) is 29.7 Å². The van der Waals surface area contributed by atoms with E-state index in [9.17, 15) is 9.90 Å². The number of aliphatic hydroxyl groups is 1. The number of hydrogen-bond acceptors (Lipinski definition) is 6. The molecule has 3 aliphatic rings. The van der Waals surface area contributed by atoms with Crippen molar-refractivity contribution in [3.8, 4) is 0 Å². The molecule has 1 saturated heterocycles. The monoisotopic (exact) mass is 337 g/mol. The number of carbonyl (C=O) groups is 1. The summed E-state index contributed by atoms with van der Waals surface area (Å²) < 4.78 is 5.46. The molecule has 1 unspecified atom stereocenters. The second kappa shape index (κ2) is 4.97. The molecule has 1 aliphatic carbocycles. The molecule has 2 aliphatic heterocycles. The molecule has 1 spiro atoms. The van der Waals surface area contributed by atoms with Crippen molar-refractivity contribution in [1.82, 2.24) is 0 Å². The molecular formula is C19H19N3O3. The maximum absolute atomic E-state index is 13.2. The second-order valence-corrected chi connectivity index (χ2v) is 6.94. The molecule has 0 radical (unpaired) electrons. The highest BCUT2D eigenvalue weighted by Gasteiger charge is 2.42. The van der Waals surface area contributed by atoms with Gasteiger partial charge in [0.2, 0.25) is 0 Å². The van der Waals surface area contributed by atoms with Gasteiger partial charge in [-0.1, -0.05) is 18.2 Å². The van der Waals surface area contributed by atoms with Gasteiger partial charge >= 0.3 is 0 Å². The summed E-state index contributed by atoms with van der Waals surface area (Å²) in [5, 5.41) is 17.9. The highest BCUT2D eigenvalue weighted by atomic mass is 16.5. The number of ketones is 1. The molecule has 0 bridgehead atoms. The molecule has 0 amide bonds. The lowest BCUT2D eigenvalue weighted by atomic mass is 9.81. The van der Waals surface area contributed by atoms with E-state index in [0.29, 0.717) is 41.2 Å². The van der Waals surface area contributed by atoms with Crippen molar-refractivity contribution in [3.05, 3.63) is 52.6 Å². The average molecular weight is 337 g/mol. The van der Waals surface area contributed by atoms with E-state index in [1.54, 1.807) is 18.2 Å². The van der Waals surface area contributed by atoms with Crippen molar-refractivity contribution in [2.45, 2.75) is 24.6 Å². The molecule has 6 heteroatoms. The highest BCUT2D eigenvalue weighted by molar-refractivity contribution is 6.18. The van der Waals surface area contributed by atoms with Gasteiger partial charge in [-0.2, -0.15) is 0 Å². The number of rotatable bonds is 0. The third-order valence-corrected chi connectivity index (χ3v) is 5.50. The first-order chi connectivity index (χ1) is 12.1. The predicted octanol–water partition coefficient (Wildman–Crippen LogP) is 2.24. The Bertz CT molecular complexity index is 903.